The molecule has 0 bridgehead atoms. The van der Waals surface area contributed by atoms with Crippen LogP contribution < -0.4 is 5.32 Å². The van der Waals surface area contributed by atoms with Crippen LogP contribution in [-0.4, -0.2) is 15.9 Å². The number of carbonyl (C=O) groups excluding carboxylic acids is 1. The number of aromatic nitrogens is 2. The third-order valence-electron chi connectivity index (χ3n) is 2.39. The molecule has 0 fully saturated rings. The Bertz CT molecular complexity index is 596. The van der Waals surface area contributed by atoms with Crippen molar-refractivity contribution in [3.8, 4) is 0 Å². The van der Waals surface area contributed by atoms with Gasteiger partial charge in [-0.25, -0.2) is 9.97 Å². The fraction of sp³-hybridized carbons (Fsp3) is 0.154. The molecule has 1 heterocycles. The van der Waals surface area contributed by atoms with Crippen molar-refractivity contribution in [3.05, 3.63) is 52.3 Å². The van der Waals surface area contributed by atoms with E-state index in [0.717, 1.165) is 5.56 Å². The zero-order valence-corrected chi connectivity index (χ0v) is 11.7. The Hall–Kier alpha value is -1.65. The van der Waals surface area contributed by atoms with Crippen LogP contribution in [0.25, 0.3) is 0 Å². The number of anilines is 1. The second-order valence-electron chi connectivity index (χ2n) is 3.94. The van der Waals surface area contributed by atoms with Gasteiger partial charge in [0.15, 0.2) is 0 Å². The second-order valence-corrected chi connectivity index (χ2v) is 4.60. The summed E-state index contributed by atoms with van der Waals surface area (Å²) in [5.74, 6) is 0.244. The number of benzene rings is 1. The molecule has 6 heteroatoms. The second kappa shape index (κ2) is 5.99. The number of nitrogens with zero attached hydrogens (tertiary/aromatic N) is 2. The predicted molar refractivity (Wildman–Crippen MR) is 75.7 cm³/mol. The number of hydrogen-bond acceptors (Lipinski definition) is 3. The summed E-state index contributed by atoms with van der Waals surface area (Å²) in [6, 6.07) is 8.66. The van der Waals surface area contributed by atoms with E-state index in [2.05, 4.69) is 15.3 Å². The molecule has 0 aliphatic rings. The molecule has 1 aromatic heterocycles. The Morgan fingerprint density at radius 3 is 2.79 bits per heavy atom. The Kier molecular flexibility index (Phi) is 4.35. The van der Waals surface area contributed by atoms with E-state index in [0.29, 0.717) is 17.1 Å². The molecule has 0 spiro atoms. The van der Waals surface area contributed by atoms with Gasteiger partial charge in [0, 0.05) is 17.1 Å². The predicted octanol–water partition coefficient (Wildman–Crippen LogP) is 3.43. The summed E-state index contributed by atoms with van der Waals surface area (Å²) >= 11 is 11.5. The number of rotatable bonds is 3. The molecule has 0 atom stereocenters. The molecule has 19 heavy (non-hydrogen) atoms. The maximum absolute atomic E-state index is 12.0. The summed E-state index contributed by atoms with van der Waals surface area (Å²) in [6.07, 6.45) is 0. The highest BCUT2D eigenvalue weighted by Crippen LogP contribution is 2.12. The normalized spacial score (nSPS) is 10.3. The van der Waals surface area contributed by atoms with Gasteiger partial charge in [0.25, 0.3) is 5.91 Å². The van der Waals surface area contributed by atoms with Crippen molar-refractivity contribution in [3.63, 3.8) is 0 Å². The zero-order chi connectivity index (χ0) is 13.8. The summed E-state index contributed by atoms with van der Waals surface area (Å²) in [5, 5.41) is 2.89. The minimum Gasteiger partial charge on any atom is -0.290 e. The van der Waals surface area contributed by atoms with E-state index in [-0.39, 0.29) is 17.0 Å². The highest BCUT2D eigenvalue weighted by molar-refractivity contribution is 6.29. The van der Waals surface area contributed by atoms with Crippen LogP contribution in [0.2, 0.25) is 5.15 Å². The number of alkyl halides is 1. The molecule has 0 aliphatic carbocycles. The van der Waals surface area contributed by atoms with Gasteiger partial charge in [0.05, 0.1) is 0 Å². The lowest BCUT2D eigenvalue weighted by Crippen LogP contribution is -2.14. The molecular formula is C13H11Cl2N3O. The molecule has 1 N–H and O–H groups in total. The van der Waals surface area contributed by atoms with Gasteiger partial charge in [-0.2, -0.15) is 0 Å². The van der Waals surface area contributed by atoms with Crippen molar-refractivity contribution in [1.82, 2.24) is 9.97 Å². The molecule has 0 aliphatic heterocycles. The first-order valence-electron chi connectivity index (χ1n) is 5.56. The van der Waals surface area contributed by atoms with E-state index in [4.69, 9.17) is 23.2 Å². The highest BCUT2D eigenvalue weighted by Gasteiger charge is 2.09. The van der Waals surface area contributed by atoms with Crippen LogP contribution >= 0.6 is 23.2 Å². The van der Waals surface area contributed by atoms with Crippen molar-refractivity contribution >= 4 is 35.1 Å². The first-order valence-corrected chi connectivity index (χ1v) is 6.47. The third kappa shape index (κ3) is 3.66. The van der Waals surface area contributed by atoms with Crippen LogP contribution in [0.15, 0.2) is 30.3 Å². The molecule has 2 rings (SSSR count). The third-order valence-corrected chi connectivity index (χ3v) is 2.89. The van der Waals surface area contributed by atoms with Crippen LogP contribution in [0.4, 0.5) is 5.95 Å². The molecule has 1 aromatic carbocycles. The van der Waals surface area contributed by atoms with Gasteiger partial charge in [0.1, 0.15) is 5.15 Å². The van der Waals surface area contributed by atoms with Crippen molar-refractivity contribution in [1.29, 1.82) is 0 Å². The van der Waals surface area contributed by atoms with Crippen molar-refractivity contribution in [2.75, 3.05) is 5.32 Å². The Balaban J connectivity index is 2.20. The molecule has 0 saturated carbocycles. The van der Waals surface area contributed by atoms with Crippen molar-refractivity contribution in [2.45, 2.75) is 12.8 Å². The van der Waals surface area contributed by atoms with Gasteiger partial charge in [-0.05, 0) is 30.7 Å². The quantitative estimate of drug-likeness (QED) is 0.697. The maximum atomic E-state index is 12.0. The van der Waals surface area contributed by atoms with Gasteiger partial charge in [-0.15, -0.1) is 11.6 Å². The van der Waals surface area contributed by atoms with E-state index in [1.165, 1.54) is 0 Å². The standard InChI is InChI=1S/C13H11Cl2N3O/c1-8-5-11(15)17-13(16-8)18-12(19)10-4-2-3-9(6-10)7-14/h2-6H,7H2,1H3,(H,16,17,18,19). The van der Waals surface area contributed by atoms with Gasteiger partial charge in [-0.3, -0.25) is 10.1 Å². The number of carbonyl (C=O) groups is 1. The first kappa shape index (κ1) is 13.8. The maximum Gasteiger partial charge on any atom is 0.258 e. The zero-order valence-electron chi connectivity index (χ0n) is 10.2. The molecule has 98 valence electrons. The number of amides is 1. The van der Waals surface area contributed by atoms with Gasteiger partial charge < -0.3 is 0 Å². The lowest BCUT2D eigenvalue weighted by molar-refractivity contribution is 0.102. The molecule has 0 unspecified atom stereocenters. The average molecular weight is 296 g/mol. The number of halogens is 2. The molecule has 1 amide bonds. The van der Waals surface area contributed by atoms with Gasteiger partial charge in [-0.1, -0.05) is 23.7 Å². The van der Waals surface area contributed by atoms with E-state index in [1.807, 2.05) is 6.07 Å². The molecule has 0 saturated heterocycles. The molecule has 4 nitrogen and oxygen atoms in total. The lowest BCUT2D eigenvalue weighted by Gasteiger charge is -2.05. The fourth-order valence-corrected chi connectivity index (χ4v) is 1.96. The number of aryl methyl sites for hydroxylation is 1. The van der Waals surface area contributed by atoms with E-state index in [1.54, 1.807) is 31.2 Å². The minimum atomic E-state index is -0.298. The minimum absolute atomic E-state index is 0.186. The Morgan fingerprint density at radius 1 is 1.32 bits per heavy atom. The largest absolute Gasteiger partial charge is 0.290 e. The van der Waals surface area contributed by atoms with Crippen LogP contribution in [0.1, 0.15) is 21.6 Å². The smallest absolute Gasteiger partial charge is 0.258 e. The topological polar surface area (TPSA) is 54.9 Å². The van der Waals surface area contributed by atoms with Gasteiger partial charge >= 0.3 is 0 Å². The average Bonchev–Trinajstić information content (AvgIpc) is 2.37. The Labute approximate surface area is 120 Å². The summed E-state index contributed by atoms with van der Waals surface area (Å²) in [4.78, 5) is 20.1. The number of hydrogen-bond donors (Lipinski definition) is 1. The summed E-state index contributed by atoms with van der Waals surface area (Å²) in [6.45, 7) is 1.78. The summed E-state index contributed by atoms with van der Waals surface area (Å²) < 4.78 is 0. The van der Waals surface area contributed by atoms with E-state index < -0.39 is 0 Å². The SMILES string of the molecule is Cc1cc(Cl)nc(NC(=O)c2cccc(CCl)c2)n1. The van der Waals surface area contributed by atoms with E-state index in [9.17, 15) is 4.79 Å². The van der Waals surface area contributed by atoms with E-state index >= 15 is 0 Å². The van der Waals surface area contributed by atoms with Crippen LogP contribution in [0.5, 0.6) is 0 Å². The van der Waals surface area contributed by atoms with Crippen LogP contribution in [0, 0.1) is 6.92 Å². The number of nitrogens with one attached hydrogen (secondary N) is 1. The first-order chi connectivity index (χ1) is 9.08. The highest BCUT2D eigenvalue weighted by atomic mass is 35.5. The molecule has 2 aromatic rings. The van der Waals surface area contributed by atoms with Crippen LogP contribution in [-0.2, 0) is 5.88 Å². The fourth-order valence-electron chi connectivity index (χ4n) is 1.56. The van der Waals surface area contributed by atoms with Crippen LogP contribution in [0.3, 0.4) is 0 Å². The van der Waals surface area contributed by atoms with Crippen molar-refractivity contribution < 1.29 is 4.79 Å². The van der Waals surface area contributed by atoms with Gasteiger partial charge in [0.2, 0.25) is 5.95 Å². The van der Waals surface area contributed by atoms with Crippen molar-refractivity contribution in [2.24, 2.45) is 0 Å². The molecule has 0 radical (unpaired) electrons. The monoisotopic (exact) mass is 295 g/mol. The summed E-state index contributed by atoms with van der Waals surface area (Å²) in [5.41, 5.74) is 2.06. The molecular weight excluding hydrogens is 285 g/mol. The summed E-state index contributed by atoms with van der Waals surface area (Å²) in [7, 11) is 0. The Morgan fingerprint density at radius 2 is 2.11 bits per heavy atom. The lowest BCUT2D eigenvalue weighted by atomic mass is 10.1.